The van der Waals surface area contributed by atoms with Crippen molar-refractivity contribution < 1.29 is 9.53 Å². The van der Waals surface area contributed by atoms with Crippen LogP contribution in [0.3, 0.4) is 0 Å². The lowest BCUT2D eigenvalue weighted by Crippen LogP contribution is -2.38. The third kappa shape index (κ3) is 12.0. The molecular formula is C25H38N2O2. The van der Waals surface area contributed by atoms with Gasteiger partial charge in [-0.25, -0.2) is 4.79 Å². The van der Waals surface area contributed by atoms with Crippen molar-refractivity contribution in [1.82, 2.24) is 5.32 Å². The Balaban J connectivity index is 0.000000326. The summed E-state index contributed by atoms with van der Waals surface area (Å²) in [5.41, 5.74) is 10.3. The van der Waals surface area contributed by atoms with Crippen LogP contribution in [0.2, 0.25) is 0 Å². The van der Waals surface area contributed by atoms with Gasteiger partial charge in [0.25, 0.3) is 0 Å². The molecule has 0 fully saturated rings. The summed E-state index contributed by atoms with van der Waals surface area (Å²) in [6.07, 6.45) is 1.42. The van der Waals surface area contributed by atoms with Gasteiger partial charge < -0.3 is 15.8 Å². The SMILES string of the molecule is Cc1ccc(C[C@@H](C)N)cc1.Cc1ccc(C[C@@H](C)NC(=O)OC(C)(C)C)cc1. The predicted molar refractivity (Wildman–Crippen MR) is 122 cm³/mol. The number of rotatable bonds is 5. The first kappa shape index (κ1) is 24.7. The molecule has 2 aromatic carbocycles. The summed E-state index contributed by atoms with van der Waals surface area (Å²) in [4.78, 5) is 11.6. The Labute approximate surface area is 176 Å². The predicted octanol–water partition coefficient (Wildman–Crippen LogP) is 5.34. The number of amides is 1. The molecule has 1 amide bonds. The minimum Gasteiger partial charge on any atom is -0.444 e. The minimum absolute atomic E-state index is 0.0579. The molecule has 4 heteroatoms. The molecule has 0 bridgehead atoms. The van der Waals surface area contributed by atoms with E-state index in [-0.39, 0.29) is 18.2 Å². The monoisotopic (exact) mass is 398 g/mol. The van der Waals surface area contributed by atoms with Crippen molar-refractivity contribution in [3.8, 4) is 0 Å². The molecule has 0 aromatic heterocycles. The quantitative estimate of drug-likeness (QED) is 0.715. The van der Waals surface area contributed by atoms with Crippen molar-refractivity contribution in [1.29, 1.82) is 0 Å². The number of hydrogen-bond donors (Lipinski definition) is 2. The average molecular weight is 399 g/mol. The van der Waals surface area contributed by atoms with Gasteiger partial charge in [-0.1, -0.05) is 59.7 Å². The number of benzene rings is 2. The average Bonchev–Trinajstić information content (AvgIpc) is 2.57. The maximum Gasteiger partial charge on any atom is 0.407 e. The van der Waals surface area contributed by atoms with Crippen LogP contribution >= 0.6 is 0 Å². The first-order valence-electron chi connectivity index (χ1n) is 10.3. The molecule has 3 N–H and O–H groups in total. The van der Waals surface area contributed by atoms with E-state index in [1.165, 1.54) is 22.3 Å². The highest BCUT2D eigenvalue weighted by Gasteiger charge is 2.17. The lowest BCUT2D eigenvalue weighted by Gasteiger charge is -2.22. The molecule has 2 aromatic rings. The van der Waals surface area contributed by atoms with E-state index in [4.69, 9.17) is 10.5 Å². The van der Waals surface area contributed by atoms with Gasteiger partial charge in [-0.15, -0.1) is 0 Å². The van der Waals surface area contributed by atoms with Crippen molar-refractivity contribution >= 4 is 6.09 Å². The van der Waals surface area contributed by atoms with Crippen molar-refractivity contribution in [3.05, 3.63) is 70.8 Å². The normalized spacial score (nSPS) is 13.0. The zero-order chi connectivity index (χ0) is 22.0. The number of nitrogens with one attached hydrogen (secondary N) is 1. The van der Waals surface area contributed by atoms with Crippen LogP contribution in [0, 0.1) is 13.8 Å². The van der Waals surface area contributed by atoms with Gasteiger partial charge in [-0.3, -0.25) is 0 Å². The van der Waals surface area contributed by atoms with Gasteiger partial charge in [0.1, 0.15) is 5.60 Å². The Hall–Kier alpha value is -2.33. The highest BCUT2D eigenvalue weighted by molar-refractivity contribution is 5.68. The number of hydrogen-bond acceptors (Lipinski definition) is 3. The summed E-state index contributed by atoms with van der Waals surface area (Å²) in [6.45, 7) is 13.7. The van der Waals surface area contributed by atoms with Crippen molar-refractivity contribution in [2.75, 3.05) is 0 Å². The van der Waals surface area contributed by atoms with Crippen LogP contribution in [0.25, 0.3) is 0 Å². The van der Waals surface area contributed by atoms with Gasteiger partial charge in [0.15, 0.2) is 0 Å². The number of carbonyl (C=O) groups excluding carboxylic acids is 1. The Morgan fingerprint density at radius 1 is 0.897 bits per heavy atom. The summed E-state index contributed by atoms with van der Waals surface area (Å²) in [5.74, 6) is 0. The molecule has 0 aliphatic heterocycles. The van der Waals surface area contributed by atoms with Gasteiger partial charge in [0.2, 0.25) is 0 Å². The van der Waals surface area contributed by atoms with Crippen LogP contribution in [0.1, 0.15) is 56.9 Å². The van der Waals surface area contributed by atoms with Crippen molar-refractivity contribution in [2.24, 2.45) is 5.73 Å². The third-order valence-electron chi connectivity index (χ3n) is 4.10. The molecule has 160 valence electrons. The molecule has 4 nitrogen and oxygen atoms in total. The largest absolute Gasteiger partial charge is 0.444 e. The van der Waals surface area contributed by atoms with E-state index in [9.17, 15) is 4.79 Å². The molecule has 0 aliphatic rings. The van der Waals surface area contributed by atoms with Crippen LogP contribution in [0.4, 0.5) is 4.79 Å². The van der Waals surface area contributed by atoms with Gasteiger partial charge in [0, 0.05) is 12.1 Å². The molecule has 2 rings (SSSR count). The third-order valence-corrected chi connectivity index (χ3v) is 4.10. The summed E-state index contributed by atoms with van der Waals surface area (Å²) in [7, 11) is 0. The molecule has 0 radical (unpaired) electrons. The highest BCUT2D eigenvalue weighted by atomic mass is 16.6. The van der Waals surface area contributed by atoms with E-state index in [0.29, 0.717) is 0 Å². The van der Waals surface area contributed by atoms with Crippen LogP contribution in [-0.4, -0.2) is 23.8 Å². The van der Waals surface area contributed by atoms with Crippen LogP contribution in [0.5, 0.6) is 0 Å². The molecule has 0 unspecified atom stereocenters. The number of aryl methyl sites for hydroxylation is 2. The van der Waals surface area contributed by atoms with E-state index >= 15 is 0 Å². The molecule has 0 saturated carbocycles. The Bertz CT molecular complexity index is 729. The summed E-state index contributed by atoms with van der Waals surface area (Å²) in [5, 5.41) is 2.84. The fraction of sp³-hybridized carbons (Fsp3) is 0.480. The number of alkyl carbamates (subject to hydrolysis) is 1. The fourth-order valence-corrected chi connectivity index (χ4v) is 2.73. The van der Waals surface area contributed by atoms with E-state index < -0.39 is 5.60 Å². The lowest BCUT2D eigenvalue weighted by atomic mass is 10.1. The molecule has 2 atom stereocenters. The van der Waals surface area contributed by atoms with E-state index in [1.54, 1.807) is 0 Å². The fourth-order valence-electron chi connectivity index (χ4n) is 2.73. The smallest absolute Gasteiger partial charge is 0.407 e. The molecule has 29 heavy (non-hydrogen) atoms. The second-order valence-electron chi connectivity index (χ2n) is 8.90. The number of nitrogens with two attached hydrogens (primary N) is 1. The van der Waals surface area contributed by atoms with Gasteiger partial charge in [-0.2, -0.15) is 0 Å². The molecule has 0 saturated heterocycles. The Morgan fingerprint density at radius 2 is 1.31 bits per heavy atom. The first-order chi connectivity index (χ1) is 13.4. The van der Waals surface area contributed by atoms with Crippen molar-refractivity contribution in [3.63, 3.8) is 0 Å². The highest BCUT2D eigenvalue weighted by Crippen LogP contribution is 2.09. The second kappa shape index (κ2) is 11.6. The second-order valence-corrected chi connectivity index (χ2v) is 8.90. The topological polar surface area (TPSA) is 64.3 Å². The molecule has 0 spiro atoms. The Kier molecular flexibility index (Phi) is 9.90. The van der Waals surface area contributed by atoms with Crippen LogP contribution in [-0.2, 0) is 17.6 Å². The number of carbonyl (C=O) groups is 1. The summed E-state index contributed by atoms with van der Waals surface area (Å²) >= 11 is 0. The molecule has 0 aliphatic carbocycles. The zero-order valence-electron chi connectivity index (χ0n) is 19.1. The standard InChI is InChI=1S/C15H23NO2.C10H15N/c1-11-6-8-13(9-7-11)10-12(2)16-14(17)18-15(3,4)5;1-8-3-5-10(6-4-8)7-9(2)11/h6-9,12H,10H2,1-5H3,(H,16,17);3-6,9H,7,11H2,1-2H3/t12-;9-/m11/s1. The van der Waals surface area contributed by atoms with Gasteiger partial charge >= 0.3 is 6.09 Å². The zero-order valence-corrected chi connectivity index (χ0v) is 19.1. The summed E-state index contributed by atoms with van der Waals surface area (Å²) in [6, 6.07) is 17.2. The maximum atomic E-state index is 11.6. The van der Waals surface area contributed by atoms with Crippen LogP contribution in [0.15, 0.2) is 48.5 Å². The van der Waals surface area contributed by atoms with Gasteiger partial charge in [-0.05, 0) is 72.4 Å². The minimum atomic E-state index is -0.451. The van der Waals surface area contributed by atoms with Crippen LogP contribution < -0.4 is 11.1 Å². The number of ether oxygens (including phenoxy) is 1. The summed E-state index contributed by atoms with van der Waals surface area (Å²) < 4.78 is 5.22. The Morgan fingerprint density at radius 3 is 1.69 bits per heavy atom. The van der Waals surface area contributed by atoms with Crippen molar-refractivity contribution in [2.45, 2.75) is 79.0 Å². The van der Waals surface area contributed by atoms with E-state index in [2.05, 4.69) is 67.7 Å². The van der Waals surface area contributed by atoms with E-state index in [1.807, 2.05) is 34.6 Å². The van der Waals surface area contributed by atoms with Gasteiger partial charge in [0.05, 0.1) is 0 Å². The maximum absolute atomic E-state index is 11.6. The lowest BCUT2D eigenvalue weighted by molar-refractivity contribution is 0.0508. The first-order valence-corrected chi connectivity index (χ1v) is 10.3. The van der Waals surface area contributed by atoms with E-state index in [0.717, 1.165) is 12.8 Å². The molecule has 0 heterocycles. The molecular weight excluding hydrogens is 360 g/mol.